The lowest BCUT2D eigenvalue weighted by atomic mass is 10.1. The van der Waals surface area contributed by atoms with E-state index in [4.69, 9.17) is 11.6 Å². The Morgan fingerprint density at radius 3 is 2.88 bits per heavy atom. The van der Waals surface area contributed by atoms with Crippen LogP contribution in [0.3, 0.4) is 0 Å². The van der Waals surface area contributed by atoms with Gasteiger partial charge in [-0.05, 0) is 18.4 Å². The maximum atomic E-state index is 11.4. The third-order valence-electron chi connectivity index (χ3n) is 2.03. The van der Waals surface area contributed by atoms with Crippen molar-refractivity contribution >= 4 is 23.4 Å². The predicted octanol–water partition coefficient (Wildman–Crippen LogP) is 2.81. The summed E-state index contributed by atoms with van der Waals surface area (Å²) in [6.45, 7) is 0. The van der Waals surface area contributed by atoms with Crippen LogP contribution in [0.5, 0.6) is 0 Å². The molecule has 0 aliphatic rings. The second-order valence-corrected chi connectivity index (χ2v) is 4.38. The van der Waals surface area contributed by atoms with Crippen molar-refractivity contribution in [3.63, 3.8) is 0 Å². The molecular formula is C11H9ClN2OS. The van der Waals surface area contributed by atoms with Crippen LogP contribution >= 0.6 is 23.4 Å². The smallest absolute Gasteiger partial charge is 0.252 e. The van der Waals surface area contributed by atoms with E-state index in [-0.39, 0.29) is 5.56 Å². The zero-order valence-corrected chi connectivity index (χ0v) is 10.1. The summed E-state index contributed by atoms with van der Waals surface area (Å²) in [6.07, 6.45) is 1.86. The largest absolute Gasteiger partial charge is 0.301 e. The highest BCUT2D eigenvalue weighted by Gasteiger charge is 2.03. The average Bonchev–Trinajstić information content (AvgIpc) is 2.28. The Kier molecular flexibility index (Phi) is 3.31. The first-order valence-corrected chi connectivity index (χ1v) is 6.20. The number of aromatic nitrogens is 2. The minimum Gasteiger partial charge on any atom is -0.301 e. The van der Waals surface area contributed by atoms with Gasteiger partial charge < -0.3 is 4.98 Å². The fourth-order valence-electron chi connectivity index (χ4n) is 1.33. The van der Waals surface area contributed by atoms with Crippen LogP contribution < -0.4 is 5.56 Å². The molecule has 0 fully saturated rings. The first kappa shape index (κ1) is 11.2. The maximum Gasteiger partial charge on any atom is 0.252 e. The number of nitrogens with zero attached hydrogens (tertiary/aromatic N) is 1. The van der Waals surface area contributed by atoms with Crippen molar-refractivity contribution < 1.29 is 0 Å². The number of hydrogen-bond acceptors (Lipinski definition) is 3. The van der Waals surface area contributed by atoms with E-state index < -0.39 is 0 Å². The van der Waals surface area contributed by atoms with Crippen LogP contribution in [-0.4, -0.2) is 16.2 Å². The van der Waals surface area contributed by atoms with Gasteiger partial charge in [-0.3, -0.25) is 4.79 Å². The van der Waals surface area contributed by atoms with Crippen LogP contribution in [0, 0.1) is 0 Å². The Morgan fingerprint density at radius 1 is 1.38 bits per heavy atom. The first-order valence-electron chi connectivity index (χ1n) is 4.60. The van der Waals surface area contributed by atoms with Gasteiger partial charge in [0.15, 0.2) is 5.16 Å². The summed E-state index contributed by atoms with van der Waals surface area (Å²) in [5.74, 6) is 0. The molecule has 3 nitrogen and oxygen atoms in total. The van der Waals surface area contributed by atoms with Crippen molar-refractivity contribution in [3.8, 4) is 11.3 Å². The third-order valence-corrected chi connectivity index (χ3v) is 2.85. The molecular weight excluding hydrogens is 244 g/mol. The molecule has 16 heavy (non-hydrogen) atoms. The highest BCUT2D eigenvalue weighted by molar-refractivity contribution is 7.98. The van der Waals surface area contributed by atoms with Gasteiger partial charge in [0.05, 0.1) is 5.69 Å². The van der Waals surface area contributed by atoms with E-state index in [1.807, 2.05) is 18.4 Å². The van der Waals surface area contributed by atoms with Crippen LogP contribution in [-0.2, 0) is 0 Å². The highest BCUT2D eigenvalue weighted by atomic mass is 35.5. The van der Waals surface area contributed by atoms with Gasteiger partial charge in [-0.2, -0.15) is 0 Å². The van der Waals surface area contributed by atoms with Crippen LogP contribution in [0.15, 0.2) is 40.3 Å². The maximum absolute atomic E-state index is 11.4. The van der Waals surface area contributed by atoms with Crippen molar-refractivity contribution in [2.24, 2.45) is 0 Å². The molecule has 0 atom stereocenters. The molecule has 5 heteroatoms. The number of thioether (sulfide) groups is 1. The highest BCUT2D eigenvalue weighted by Crippen LogP contribution is 2.20. The summed E-state index contributed by atoms with van der Waals surface area (Å²) < 4.78 is 0. The van der Waals surface area contributed by atoms with Gasteiger partial charge >= 0.3 is 0 Å². The molecule has 1 aromatic heterocycles. The normalized spacial score (nSPS) is 10.4. The van der Waals surface area contributed by atoms with Crippen molar-refractivity contribution in [2.45, 2.75) is 5.16 Å². The Hall–Kier alpha value is -1.26. The summed E-state index contributed by atoms with van der Waals surface area (Å²) in [5, 5.41) is 1.23. The molecule has 0 amide bonds. The number of halogens is 1. The quantitative estimate of drug-likeness (QED) is 0.660. The lowest BCUT2D eigenvalue weighted by Crippen LogP contribution is -2.07. The Morgan fingerprint density at radius 2 is 2.19 bits per heavy atom. The van der Waals surface area contributed by atoms with E-state index in [2.05, 4.69) is 9.97 Å². The van der Waals surface area contributed by atoms with Crippen LogP contribution in [0.1, 0.15) is 0 Å². The van der Waals surface area contributed by atoms with Crippen LogP contribution in [0.25, 0.3) is 11.3 Å². The number of H-pyrrole nitrogens is 1. The van der Waals surface area contributed by atoms with E-state index in [1.54, 1.807) is 12.1 Å². The summed E-state index contributed by atoms with van der Waals surface area (Å²) in [5.41, 5.74) is 1.32. The monoisotopic (exact) mass is 252 g/mol. The van der Waals surface area contributed by atoms with E-state index >= 15 is 0 Å². The fourth-order valence-corrected chi connectivity index (χ4v) is 1.91. The zero-order valence-electron chi connectivity index (χ0n) is 8.53. The van der Waals surface area contributed by atoms with Gasteiger partial charge in [0, 0.05) is 16.7 Å². The van der Waals surface area contributed by atoms with E-state index in [0.29, 0.717) is 15.9 Å². The summed E-state index contributed by atoms with van der Waals surface area (Å²) in [4.78, 5) is 18.3. The average molecular weight is 253 g/mol. The number of rotatable bonds is 2. The fraction of sp³-hybridized carbons (Fsp3) is 0.0909. The molecule has 0 bridgehead atoms. The predicted molar refractivity (Wildman–Crippen MR) is 67.1 cm³/mol. The molecule has 82 valence electrons. The number of aromatic amines is 1. The topological polar surface area (TPSA) is 45.8 Å². The van der Waals surface area contributed by atoms with E-state index in [0.717, 1.165) is 5.56 Å². The summed E-state index contributed by atoms with van der Waals surface area (Å²) in [6, 6.07) is 8.74. The van der Waals surface area contributed by atoms with Crippen molar-refractivity contribution in [3.05, 3.63) is 45.7 Å². The lowest BCUT2D eigenvalue weighted by molar-refractivity contribution is 0.945. The lowest BCUT2D eigenvalue weighted by Gasteiger charge is -2.02. The first-order chi connectivity index (χ1) is 7.69. The van der Waals surface area contributed by atoms with Gasteiger partial charge in [0.1, 0.15) is 0 Å². The molecule has 1 aromatic carbocycles. The second kappa shape index (κ2) is 4.72. The summed E-state index contributed by atoms with van der Waals surface area (Å²) >= 11 is 7.29. The molecule has 1 N–H and O–H groups in total. The SMILES string of the molecule is CSc1nc(-c2cccc(Cl)c2)cc(=O)[nH]1. The van der Waals surface area contributed by atoms with Crippen LogP contribution in [0.2, 0.25) is 5.02 Å². The van der Waals surface area contributed by atoms with Crippen molar-refractivity contribution in [1.82, 2.24) is 9.97 Å². The Bertz CT molecular complexity index is 568. The van der Waals surface area contributed by atoms with Gasteiger partial charge in [-0.1, -0.05) is 35.5 Å². The molecule has 0 unspecified atom stereocenters. The molecule has 0 saturated carbocycles. The Balaban J connectivity index is 2.55. The molecule has 0 spiro atoms. The number of hydrogen-bond donors (Lipinski definition) is 1. The minimum absolute atomic E-state index is 0.158. The zero-order chi connectivity index (χ0) is 11.5. The molecule has 2 rings (SSSR count). The molecule has 0 aliphatic heterocycles. The van der Waals surface area contributed by atoms with Gasteiger partial charge in [-0.25, -0.2) is 4.98 Å². The minimum atomic E-state index is -0.158. The molecule has 0 aliphatic carbocycles. The second-order valence-electron chi connectivity index (χ2n) is 3.15. The third kappa shape index (κ3) is 2.46. The standard InChI is InChI=1S/C11H9ClN2OS/c1-16-11-13-9(6-10(15)14-11)7-3-2-4-8(12)5-7/h2-6H,1H3,(H,13,14,15). The van der Waals surface area contributed by atoms with Crippen molar-refractivity contribution in [2.75, 3.05) is 6.26 Å². The summed E-state index contributed by atoms with van der Waals surface area (Å²) in [7, 11) is 0. The van der Waals surface area contributed by atoms with E-state index in [9.17, 15) is 4.79 Å². The molecule has 1 heterocycles. The van der Waals surface area contributed by atoms with Crippen LogP contribution in [0.4, 0.5) is 0 Å². The molecule has 0 saturated heterocycles. The van der Waals surface area contributed by atoms with Gasteiger partial charge in [0.25, 0.3) is 5.56 Å². The molecule has 0 radical (unpaired) electrons. The Labute approximate surface area is 102 Å². The number of nitrogens with one attached hydrogen (secondary N) is 1. The molecule has 2 aromatic rings. The van der Waals surface area contributed by atoms with Gasteiger partial charge in [0.2, 0.25) is 0 Å². The number of benzene rings is 1. The van der Waals surface area contributed by atoms with E-state index in [1.165, 1.54) is 17.8 Å². The van der Waals surface area contributed by atoms with Gasteiger partial charge in [-0.15, -0.1) is 0 Å². The van der Waals surface area contributed by atoms with Crippen molar-refractivity contribution in [1.29, 1.82) is 0 Å².